The van der Waals surface area contributed by atoms with E-state index in [1.54, 1.807) is 12.4 Å². The Balaban J connectivity index is 1.44. The van der Waals surface area contributed by atoms with Crippen LogP contribution < -0.4 is 5.32 Å². The molecule has 1 N–H and O–H groups in total. The van der Waals surface area contributed by atoms with Crippen molar-refractivity contribution >= 4 is 22.4 Å². The van der Waals surface area contributed by atoms with E-state index in [-0.39, 0.29) is 0 Å². The highest BCUT2D eigenvalue weighted by atomic mass is 15.2. The molecule has 7 heteroatoms. The lowest BCUT2D eigenvalue weighted by Gasteiger charge is -2.10. The van der Waals surface area contributed by atoms with Crippen molar-refractivity contribution in [2.45, 2.75) is 6.42 Å². The van der Waals surface area contributed by atoms with Gasteiger partial charge in [-0.15, -0.1) is 10.2 Å². The number of pyridine rings is 2. The first-order valence-corrected chi connectivity index (χ1v) is 9.08. The number of rotatable bonds is 5. The van der Waals surface area contributed by atoms with E-state index in [1.807, 2.05) is 65.2 Å². The zero-order valence-corrected chi connectivity index (χ0v) is 15.0. The third-order valence-corrected chi connectivity index (χ3v) is 4.55. The minimum absolute atomic E-state index is 0.655. The Morgan fingerprint density at radius 2 is 1.82 bits per heavy atom. The maximum Gasteiger partial charge on any atom is 0.163 e. The second kappa shape index (κ2) is 7.03. The summed E-state index contributed by atoms with van der Waals surface area (Å²) in [7, 11) is 0. The van der Waals surface area contributed by atoms with Gasteiger partial charge in [-0.2, -0.15) is 0 Å². The number of aromatic nitrogens is 6. The van der Waals surface area contributed by atoms with Crippen LogP contribution in [0.1, 0.15) is 5.82 Å². The number of nitrogens with zero attached hydrogens (tertiary/aromatic N) is 6. The third kappa shape index (κ3) is 3.03. The van der Waals surface area contributed by atoms with Crippen molar-refractivity contribution < 1.29 is 0 Å². The average molecular weight is 367 g/mol. The van der Waals surface area contributed by atoms with E-state index in [9.17, 15) is 0 Å². The largest absolute Gasteiger partial charge is 0.369 e. The summed E-state index contributed by atoms with van der Waals surface area (Å²) in [5.41, 5.74) is 2.63. The molecule has 28 heavy (non-hydrogen) atoms. The molecule has 0 saturated carbocycles. The standard InChI is InChI=1S/C21H17N7/c1-2-8-17-16(7-1)21(25-20(24-17)15-6-5-11-22-14-15)23-12-10-19-27-26-18-9-3-4-13-28(18)19/h1-9,11,13-14H,10,12H2,(H,23,24,25). The van der Waals surface area contributed by atoms with Crippen molar-refractivity contribution in [3.05, 3.63) is 79.0 Å². The molecule has 0 aliphatic carbocycles. The fourth-order valence-corrected chi connectivity index (χ4v) is 3.19. The summed E-state index contributed by atoms with van der Waals surface area (Å²) in [6, 6.07) is 17.7. The van der Waals surface area contributed by atoms with Crippen LogP contribution in [0.3, 0.4) is 0 Å². The predicted molar refractivity (Wildman–Crippen MR) is 108 cm³/mol. The molecule has 0 unspecified atom stereocenters. The van der Waals surface area contributed by atoms with Gasteiger partial charge in [0.1, 0.15) is 11.6 Å². The van der Waals surface area contributed by atoms with Crippen molar-refractivity contribution in [2.75, 3.05) is 11.9 Å². The molecule has 0 bridgehead atoms. The van der Waals surface area contributed by atoms with Gasteiger partial charge in [0.25, 0.3) is 0 Å². The molecule has 0 amide bonds. The Morgan fingerprint density at radius 3 is 2.75 bits per heavy atom. The summed E-state index contributed by atoms with van der Waals surface area (Å²) in [5, 5.41) is 12.9. The number of hydrogen-bond donors (Lipinski definition) is 1. The van der Waals surface area contributed by atoms with Gasteiger partial charge in [-0.25, -0.2) is 9.97 Å². The van der Waals surface area contributed by atoms with Gasteiger partial charge in [-0.3, -0.25) is 9.38 Å². The molecule has 0 spiro atoms. The molecule has 1 aromatic carbocycles. The molecular weight excluding hydrogens is 350 g/mol. The molecule has 0 radical (unpaired) electrons. The molecule has 0 saturated heterocycles. The van der Waals surface area contributed by atoms with Crippen LogP contribution in [-0.4, -0.2) is 36.1 Å². The smallest absolute Gasteiger partial charge is 0.163 e. The van der Waals surface area contributed by atoms with Crippen LogP contribution in [0.25, 0.3) is 27.9 Å². The number of nitrogens with one attached hydrogen (secondary N) is 1. The number of anilines is 1. The van der Waals surface area contributed by atoms with Gasteiger partial charge in [0, 0.05) is 42.5 Å². The molecule has 0 aliphatic heterocycles. The molecular formula is C21H17N7. The van der Waals surface area contributed by atoms with Crippen LogP contribution in [-0.2, 0) is 6.42 Å². The highest BCUT2D eigenvalue weighted by Crippen LogP contribution is 2.24. The summed E-state index contributed by atoms with van der Waals surface area (Å²) < 4.78 is 2.00. The maximum absolute atomic E-state index is 4.75. The fourth-order valence-electron chi connectivity index (χ4n) is 3.19. The lowest BCUT2D eigenvalue weighted by atomic mass is 10.2. The van der Waals surface area contributed by atoms with Gasteiger partial charge in [-0.05, 0) is 36.4 Å². The quantitative estimate of drug-likeness (QED) is 0.513. The van der Waals surface area contributed by atoms with Crippen LogP contribution >= 0.6 is 0 Å². The zero-order valence-electron chi connectivity index (χ0n) is 15.0. The molecule has 4 heterocycles. The Morgan fingerprint density at radius 1 is 0.893 bits per heavy atom. The Kier molecular flexibility index (Phi) is 4.10. The van der Waals surface area contributed by atoms with E-state index in [4.69, 9.17) is 4.98 Å². The Labute approximate surface area is 161 Å². The van der Waals surface area contributed by atoms with Crippen molar-refractivity contribution in [3.63, 3.8) is 0 Å². The van der Waals surface area contributed by atoms with Crippen LogP contribution in [0.2, 0.25) is 0 Å². The molecule has 5 rings (SSSR count). The van der Waals surface area contributed by atoms with Crippen LogP contribution in [0, 0.1) is 0 Å². The molecule has 0 fully saturated rings. The summed E-state index contributed by atoms with van der Waals surface area (Å²) >= 11 is 0. The minimum Gasteiger partial charge on any atom is -0.369 e. The monoisotopic (exact) mass is 367 g/mol. The first kappa shape index (κ1) is 16.3. The average Bonchev–Trinajstić information content (AvgIpc) is 3.17. The minimum atomic E-state index is 0.655. The number of fused-ring (bicyclic) bond motifs is 2. The molecule has 4 aromatic heterocycles. The van der Waals surface area contributed by atoms with E-state index in [0.29, 0.717) is 12.4 Å². The number of benzene rings is 1. The van der Waals surface area contributed by atoms with Crippen LogP contribution in [0.5, 0.6) is 0 Å². The van der Waals surface area contributed by atoms with Gasteiger partial charge >= 0.3 is 0 Å². The Hall–Kier alpha value is -3.87. The van der Waals surface area contributed by atoms with E-state index >= 15 is 0 Å². The summed E-state index contributed by atoms with van der Waals surface area (Å²) in [5.74, 6) is 2.37. The zero-order chi connectivity index (χ0) is 18.8. The molecule has 136 valence electrons. The molecule has 5 aromatic rings. The number of para-hydroxylation sites is 1. The van der Waals surface area contributed by atoms with Gasteiger partial charge in [0.2, 0.25) is 0 Å². The lowest BCUT2D eigenvalue weighted by Crippen LogP contribution is -2.10. The normalized spacial score (nSPS) is 11.1. The fraction of sp³-hybridized carbons (Fsp3) is 0.0952. The second-order valence-electron chi connectivity index (χ2n) is 6.38. The van der Waals surface area contributed by atoms with Gasteiger partial charge in [0.15, 0.2) is 11.5 Å². The third-order valence-electron chi connectivity index (χ3n) is 4.55. The maximum atomic E-state index is 4.75. The van der Waals surface area contributed by atoms with Crippen molar-refractivity contribution in [1.82, 2.24) is 29.5 Å². The Bertz CT molecular complexity index is 1250. The second-order valence-corrected chi connectivity index (χ2v) is 6.38. The number of hydrogen-bond acceptors (Lipinski definition) is 6. The van der Waals surface area contributed by atoms with Gasteiger partial charge in [0.05, 0.1) is 5.52 Å². The SMILES string of the molecule is c1cncc(-c2nc(NCCc3nnc4ccccn34)c3ccccc3n2)c1. The highest BCUT2D eigenvalue weighted by molar-refractivity contribution is 5.90. The lowest BCUT2D eigenvalue weighted by molar-refractivity contribution is 0.868. The van der Waals surface area contributed by atoms with Crippen LogP contribution in [0.15, 0.2) is 73.2 Å². The summed E-state index contributed by atoms with van der Waals surface area (Å²) in [6.07, 6.45) is 6.22. The van der Waals surface area contributed by atoms with E-state index in [2.05, 4.69) is 25.5 Å². The van der Waals surface area contributed by atoms with Crippen molar-refractivity contribution in [2.24, 2.45) is 0 Å². The highest BCUT2D eigenvalue weighted by Gasteiger charge is 2.10. The molecule has 7 nitrogen and oxygen atoms in total. The van der Waals surface area contributed by atoms with Crippen molar-refractivity contribution in [3.8, 4) is 11.4 Å². The summed E-state index contributed by atoms with van der Waals surface area (Å²) in [4.78, 5) is 13.6. The van der Waals surface area contributed by atoms with Crippen LogP contribution in [0.4, 0.5) is 5.82 Å². The van der Waals surface area contributed by atoms with E-state index < -0.39 is 0 Å². The van der Waals surface area contributed by atoms with Gasteiger partial charge < -0.3 is 5.32 Å². The predicted octanol–water partition coefficient (Wildman–Crippen LogP) is 3.39. The van der Waals surface area contributed by atoms with Crippen molar-refractivity contribution in [1.29, 1.82) is 0 Å². The van der Waals surface area contributed by atoms with Gasteiger partial charge in [-0.1, -0.05) is 18.2 Å². The first-order valence-electron chi connectivity index (χ1n) is 9.08. The molecule has 0 aliphatic rings. The summed E-state index contributed by atoms with van der Waals surface area (Å²) in [6.45, 7) is 0.684. The first-order chi connectivity index (χ1) is 13.9. The topological polar surface area (TPSA) is 80.9 Å². The van der Waals surface area contributed by atoms with E-state index in [0.717, 1.165) is 40.2 Å². The van der Waals surface area contributed by atoms with E-state index in [1.165, 1.54) is 0 Å². The molecule has 0 atom stereocenters.